The topological polar surface area (TPSA) is 64.1 Å². The van der Waals surface area contributed by atoms with Crippen molar-refractivity contribution in [1.29, 1.82) is 0 Å². The number of methoxy groups -OCH3 is 1. The quantitative estimate of drug-likeness (QED) is 0.168. The van der Waals surface area contributed by atoms with Crippen LogP contribution in [0.4, 0.5) is 0 Å². The van der Waals surface area contributed by atoms with E-state index in [1.165, 1.54) is 11.1 Å². The zero-order valence-corrected chi connectivity index (χ0v) is 20.0. The third-order valence-corrected chi connectivity index (χ3v) is 5.08. The second-order valence-corrected chi connectivity index (χ2v) is 7.78. The van der Waals surface area contributed by atoms with Gasteiger partial charge in [0.1, 0.15) is 19.0 Å². The van der Waals surface area contributed by atoms with Crippen molar-refractivity contribution in [2.24, 2.45) is 5.10 Å². The molecule has 0 radical (unpaired) electrons. The lowest BCUT2D eigenvalue weighted by atomic mass is 10.1. The number of hydrogen-bond acceptors (Lipinski definition) is 5. The highest BCUT2D eigenvalue weighted by Crippen LogP contribution is 2.33. The van der Waals surface area contributed by atoms with Crippen molar-refractivity contribution in [2.75, 3.05) is 26.9 Å². The van der Waals surface area contributed by atoms with Crippen molar-refractivity contribution in [3.63, 3.8) is 0 Å². The van der Waals surface area contributed by atoms with Crippen LogP contribution in [0.3, 0.4) is 0 Å². The van der Waals surface area contributed by atoms with Crippen molar-refractivity contribution in [3.05, 3.63) is 50.6 Å². The van der Waals surface area contributed by atoms with E-state index in [0.717, 1.165) is 21.4 Å². The van der Waals surface area contributed by atoms with E-state index in [-0.39, 0.29) is 0 Å². The summed E-state index contributed by atoms with van der Waals surface area (Å²) in [5, 5.41) is 7.58. The highest BCUT2D eigenvalue weighted by atomic mass is 127. The molecule has 2 aromatic rings. The normalized spacial score (nSPS) is 10.7. The molecular formula is C21H26IN3O3S. The summed E-state index contributed by atoms with van der Waals surface area (Å²) < 4.78 is 18.1. The van der Waals surface area contributed by atoms with Crippen LogP contribution in [0.25, 0.3) is 0 Å². The van der Waals surface area contributed by atoms with Gasteiger partial charge in [0.15, 0.2) is 16.6 Å². The van der Waals surface area contributed by atoms with Crippen LogP contribution in [0.5, 0.6) is 17.2 Å². The molecule has 2 N–H and O–H groups in total. The number of rotatable bonds is 9. The molecule has 0 amide bonds. The monoisotopic (exact) mass is 527 g/mol. The number of thiocarbonyl (C=S) groups is 1. The number of nitrogens with one attached hydrogen (secondary N) is 2. The molecule has 2 rings (SSSR count). The molecule has 0 heterocycles. The van der Waals surface area contributed by atoms with Crippen LogP contribution < -0.4 is 25.0 Å². The molecule has 0 aliphatic heterocycles. The molecule has 156 valence electrons. The standard InChI is InChI=1S/C21H26IN3O3S/c1-5-23-21(29)25-24-13-16-11-18(22)20(19(12-16)26-4)28-9-8-27-17-7-6-14(2)15(3)10-17/h6-7,10-13H,5,8-9H2,1-4H3,(H2,23,25,29)/b24-13-. The largest absolute Gasteiger partial charge is 0.493 e. The highest BCUT2D eigenvalue weighted by Gasteiger charge is 2.11. The lowest BCUT2D eigenvalue weighted by Crippen LogP contribution is -2.31. The van der Waals surface area contributed by atoms with Crippen LogP contribution in [0, 0.1) is 17.4 Å². The van der Waals surface area contributed by atoms with Gasteiger partial charge in [0.2, 0.25) is 0 Å². The van der Waals surface area contributed by atoms with Gasteiger partial charge in [0.05, 0.1) is 16.9 Å². The number of hydrazone groups is 1. The molecule has 8 heteroatoms. The summed E-state index contributed by atoms with van der Waals surface area (Å²) >= 11 is 7.30. The first kappa shape index (κ1) is 23.2. The summed E-state index contributed by atoms with van der Waals surface area (Å²) in [4.78, 5) is 0. The Balaban J connectivity index is 1.95. The first-order chi connectivity index (χ1) is 13.9. The Morgan fingerprint density at radius 2 is 1.90 bits per heavy atom. The maximum atomic E-state index is 5.92. The van der Waals surface area contributed by atoms with Gasteiger partial charge in [-0.05, 0) is 96.5 Å². The fraction of sp³-hybridized carbons (Fsp3) is 0.333. The van der Waals surface area contributed by atoms with Gasteiger partial charge >= 0.3 is 0 Å². The molecule has 6 nitrogen and oxygen atoms in total. The number of benzene rings is 2. The second-order valence-electron chi connectivity index (χ2n) is 6.21. The molecule has 0 aromatic heterocycles. The van der Waals surface area contributed by atoms with Crippen LogP contribution in [-0.2, 0) is 0 Å². The molecule has 0 spiro atoms. The van der Waals surface area contributed by atoms with Crippen LogP contribution >= 0.6 is 34.8 Å². The fourth-order valence-electron chi connectivity index (χ4n) is 2.43. The van der Waals surface area contributed by atoms with Crippen LogP contribution in [0.15, 0.2) is 35.4 Å². The van der Waals surface area contributed by atoms with E-state index in [1.807, 2.05) is 31.2 Å². The molecule has 0 unspecified atom stereocenters. The highest BCUT2D eigenvalue weighted by molar-refractivity contribution is 14.1. The fourth-order valence-corrected chi connectivity index (χ4v) is 3.40. The van der Waals surface area contributed by atoms with Crippen LogP contribution in [0.1, 0.15) is 23.6 Å². The lowest BCUT2D eigenvalue weighted by molar-refractivity contribution is 0.210. The Labute approximate surface area is 191 Å². The third kappa shape index (κ3) is 7.36. The second kappa shape index (κ2) is 11.8. The van der Waals surface area contributed by atoms with Gasteiger partial charge in [0, 0.05) is 6.54 Å². The number of aryl methyl sites for hydroxylation is 2. The predicted octanol–water partition coefficient (Wildman–Crippen LogP) is 4.19. The van der Waals surface area contributed by atoms with Crippen LogP contribution in [-0.4, -0.2) is 38.2 Å². The Kier molecular flexibility index (Phi) is 9.46. The van der Waals surface area contributed by atoms with E-state index in [4.69, 9.17) is 26.4 Å². The Morgan fingerprint density at radius 1 is 1.14 bits per heavy atom. The smallest absolute Gasteiger partial charge is 0.186 e. The van der Waals surface area contributed by atoms with Gasteiger partial charge in [-0.1, -0.05) is 6.07 Å². The van der Waals surface area contributed by atoms with Gasteiger partial charge in [-0.2, -0.15) is 5.10 Å². The van der Waals surface area contributed by atoms with E-state index in [0.29, 0.717) is 29.8 Å². The average molecular weight is 527 g/mol. The minimum atomic E-state index is 0.408. The summed E-state index contributed by atoms with van der Waals surface area (Å²) in [6.45, 7) is 7.71. The van der Waals surface area contributed by atoms with Crippen LogP contribution in [0.2, 0.25) is 0 Å². The van der Waals surface area contributed by atoms with E-state index in [9.17, 15) is 0 Å². The van der Waals surface area contributed by atoms with Crippen molar-refractivity contribution in [3.8, 4) is 17.2 Å². The van der Waals surface area contributed by atoms with Crippen molar-refractivity contribution in [2.45, 2.75) is 20.8 Å². The van der Waals surface area contributed by atoms with E-state index < -0.39 is 0 Å². The molecule has 0 bridgehead atoms. The summed E-state index contributed by atoms with van der Waals surface area (Å²) in [5.41, 5.74) is 6.09. The van der Waals surface area contributed by atoms with Gasteiger partial charge in [-0.15, -0.1) is 0 Å². The minimum Gasteiger partial charge on any atom is -0.493 e. The maximum Gasteiger partial charge on any atom is 0.186 e. The van der Waals surface area contributed by atoms with E-state index >= 15 is 0 Å². The van der Waals surface area contributed by atoms with Crippen molar-refractivity contribution >= 4 is 46.1 Å². The summed E-state index contributed by atoms with van der Waals surface area (Å²) in [7, 11) is 1.61. The molecule has 0 aliphatic rings. The Morgan fingerprint density at radius 3 is 2.59 bits per heavy atom. The zero-order chi connectivity index (χ0) is 21.2. The molecule has 0 saturated heterocycles. The molecule has 0 aliphatic carbocycles. The summed E-state index contributed by atoms with van der Waals surface area (Å²) in [5.74, 6) is 2.16. The van der Waals surface area contributed by atoms with Crippen molar-refractivity contribution in [1.82, 2.24) is 10.7 Å². The van der Waals surface area contributed by atoms with Crippen molar-refractivity contribution < 1.29 is 14.2 Å². The number of nitrogens with zero attached hydrogens (tertiary/aromatic N) is 1. The SMILES string of the molecule is CCNC(=S)N/N=C\c1cc(I)c(OCCOc2ccc(C)c(C)c2)c(OC)c1. The lowest BCUT2D eigenvalue weighted by Gasteiger charge is -2.14. The van der Waals surface area contributed by atoms with Gasteiger partial charge in [-0.3, -0.25) is 5.43 Å². The number of halogens is 1. The predicted molar refractivity (Wildman–Crippen MR) is 130 cm³/mol. The minimum absolute atomic E-state index is 0.408. The van der Waals surface area contributed by atoms with Gasteiger partial charge in [-0.25, -0.2) is 0 Å². The first-order valence-corrected chi connectivity index (χ1v) is 10.7. The Bertz CT molecular complexity index is 874. The number of hydrogen-bond donors (Lipinski definition) is 2. The molecule has 29 heavy (non-hydrogen) atoms. The van der Waals surface area contributed by atoms with E-state index in [1.54, 1.807) is 13.3 Å². The summed E-state index contributed by atoms with van der Waals surface area (Å²) in [6, 6.07) is 9.88. The van der Waals surface area contributed by atoms with E-state index in [2.05, 4.69) is 58.3 Å². The molecule has 2 aromatic carbocycles. The molecular weight excluding hydrogens is 501 g/mol. The Hall–Kier alpha value is -2.07. The van der Waals surface area contributed by atoms with Gasteiger partial charge in [0.25, 0.3) is 0 Å². The average Bonchev–Trinajstić information content (AvgIpc) is 2.69. The zero-order valence-electron chi connectivity index (χ0n) is 17.0. The van der Waals surface area contributed by atoms with Gasteiger partial charge < -0.3 is 19.5 Å². The molecule has 0 atom stereocenters. The molecule has 0 fully saturated rings. The summed E-state index contributed by atoms with van der Waals surface area (Å²) in [6.07, 6.45) is 1.68. The third-order valence-electron chi connectivity index (χ3n) is 4.05. The first-order valence-electron chi connectivity index (χ1n) is 9.21. The number of ether oxygens (including phenoxy) is 3. The molecule has 0 saturated carbocycles. The maximum absolute atomic E-state index is 5.92.